The second-order valence-electron chi connectivity index (χ2n) is 3.34. The molecule has 1 saturated heterocycles. The van der Waals surface area contributed by atoms with E-state index in [1.807, 2.05) is 0 Å². The van der Waals surface area contributed by atoms with Crippen LogP contribution in [0.25, 0.3) is 0 Å². The van der Waals surface area contributed by atoms with Crippen LogP contribution in [-0.2, 0) is 14.3 Å². The maximum Gasteiger partial charge on any atom is 0.328 e. The number of carbonyl (C=O) groups is 2. The molecule has 5 nitrogen and oxygen atoms in total. The predicted molar refractivity (Wildman–Crippen MR) is 48.4 cm³/mol. The second kappa shape index (κ2) is 4.95. The van der Waals surface area contributed by atoms with Crippen molar-refractivity contribution in [3.8, 4) is 0 Å². The zero-order chi connectivity index (χ0) is 10.6. The van der Waals surface area contributed by atoms with Gasteiger partial charge in [-0.05, 0) is 6.42 Å². The summed E-state index contributed by atoms with van der Waals surface area (Å²) in [6.07, 6.45) is 0.461. The van der Waals surface area contributed by atoms with Crippen LogP contribution in [0, 0.1) is 0 Å². The van der Waals surface area contributed by atoms with Gasteiger partial charge in [-0.2, -0.15) is 0 Å². The fourth-order valence-electron chi connectivity index (χ4n) is 1.24. The monoisotopic (exact) mass is 201 g/mol. The van der Waals surface area contributed by atoms with Gasteiger partial charge in [0.2, 0.25) is 5.91 Å². The Balaban J connectivity index is 2.29. The van der Waals surface area contributed by atoms with Crippen LogP contribution in [0.5, 0.6) is 0 Å². The maximum absolute atomic E-state index is 11.2. The lowest BCUT2D eigenvalue weighted by Gasteiger charge is -2.10. The molecule has 2 atom stereocenters. The highest BCUT2D eigenvalue weighted by molar-refractivity contribution is 5.85. The molecule has 0 aromatic carbocycles. The lowest BCUT2D eigenvalue weighted by Crippen LogP contribution is -2.39. The molecule has 1 aliphatic rings. The average Bonchev–Trinajstić information content (AvgIpc) is 2.51. The first-order chi connectivity index (χ1) is 6.63. The summed E-state index contributed by atoms with van der Waals surface area (Å²) in [6.45, 7) is 2.15. The highest BCUT2D eigenvalue weighted by Gasteiger charge is 2.28. The van der Waals surface area contributed by atoms with Crippen molar-refractivity contribution in [3.63, 3.8) is 0 Å². The average molecular weight is 201 g/mol. The van der Waals surface area contributed by atoms with Gasteiger partial charge in [-0.25, -0.2) is 4.79 Å². The van der Waals surface area contributed by atoms with Crippen LogP contribution >= 0.6 is 0 Å². The van der Waals surface area contributed by atoms with Crippen LogP contribution in [0.15, 0.2) is 0 Å². The van der Waals surface area contributed by atoms with E-state index in [1.165, 1.54) is 0 Å². The summed E-state index contributed by atoms with van der Waals surface area (Å²) >= 11 is 0. The number of hydrogen-bond donors (Lipinski definition) is 2. The van der Waals surface area contributed by atoms with Crippen molar-refractivity contribution >= 4 is 11.9 Å². The van der Waals surface area contributed by atoms with Gasteiger partial charge in [-0.3, -0.25) is 4.79 Å². The number of carbonyl (C=O) groups excluding carboxylic acids is 2. The van der Waals surface area contributed by atoms with E-state index in [0.29, 0.717) is 19.4 Å². The highest BCUT2D eigenvalue weighted by Crippen LogP contribution is 2.06. The zero-order valence-corrected chi connectivity index (χ0v) is 8.16. The minimum Gasteiger partial charge on any atom is -0.464 e. The number of amides is 1. The molecule has 0 aromatic heterocycles. The minimum atomic E-state index is -0.632. The molecule has 1 rings (SSSR count). The zero-order valence-electron chi connectivity index (χ0n) is 8.16. The number of hydrogen-bond acceptors (Lipinski definition) is 4. The Hall–Kier alpha value is -1.10. The third kappa shape index (κ3) is 2.99. The summed E-state index contributed by atoms with van der Waals surface area (Å²) in [5, 5.41) is 11.7. The van der Waals surface area contributed by atoms with Gasteiger partial charge in [0, 0.05) is 6.42 Å². The van der Waals surface area contributed by atoms with Crippen molar-refractivity contribution < 1.29 is 19.4 Å². The molecule has 0 radical (unpaired) electrons. The third-order valence-corrected chi connectivity index (χ3v) is 2.16. The summed E-state index contributed by atoms with van der Waals surface area (Å²) in [4.78, 5) is 22.2. The first-order valence-corrected chi connectivity index (χ1v) is 4.77. The van der Waals surface area contributed by atoms with Gasteiger partial charge in [-0.1, -0.05) is 6.92 Å². The first-order valence-electron chi connectivity index (χ1n) is 4.77. The van der Waals surface area contributed by atoms with Gasteiger partial charge in [-0.15, -0.1) is 0 Å². The molecule has 2 N–H and O–H groups in total. The van der Waals surface area contributed by atoms with Crippen molar-refractivity contribution in [1.82, 2.24) is 5.32 Å². The van der Waals surface area contributed by atoms with Crippen LogP contribution in [0.4, 0.5) is 0 Å². The fraction of sp³-hybridized carbons (Fsp3) is 0.778. The molecule has 1 aliphatic heterocycles. The molecule has 5 heteroatoms. The topological polar surface area (TPSA) is 75.6 Å². The molecule has 1 fully saturated rings. The molecule has 0 aromatic rings. The number of nitrogens with one attached hydrogen (secondary N) is 1. The van der Waals surface area contributed by atoms with Gasteiger partial charge in [0.25, 0.3) is 0 Å². The molecule has 1 heterocycles. The van der Waals surface area contributed by atoms with E-state index < -0.39 is 12.1 Å². The number of ether oxygens (including phenoxy) is 1. The van der Waals surface area contributed by atoms with E-state index >= 15 is 0 Å². The molecule has 0 aliphatic carbocycles. The van der Waals surface area contributed by atoms with Crippen molar-refractivity contribution in [2.45, 2.75) is 38.3 Å². The summed E-state index contributed by atoms with van der Waals surface area (Å²) in [6, 6.07) is -0.522. The third-order valence-electron chi connectivity index (χ3n) is 2.16. The van der Waals surface area contributed by atoms with Gasteiger partial charge < -0.3 is 15.2 Å². The Bertz CT molecular complexity index is 229. The Labute approximate surface area is 82.4 Å². The van der Waals surface area contributed by atoms with Crippen LogP contribution in [0.1, 0.15) is 26.2 Å². The minimum absolute atomic E-state index is 0.0419. The highest BCUT2D eigenvalue weighted by atomic mass is 16.5. The number of aliphatic hydroxyl groups excluding tert-OH is 1. The van der Waals surface area contributed by atoms with Crippen LogP contribution in [0.2, 0.25) is 0 Å². The van der Waals surface area contributed by atoms with E-state index in [9.17, 15) is 14.7 Å². The van der Waals surface area contributed by atoms with E-state index in [-0.39, 0.29) is 18.3 Å². The smallest absolute Gasteiger partial charge is 0.328 e. The lowest BCUT2D eigenvalue weighted by molar-refractivity contribution is -0.141. The summed E-state index contributed by atoms with van der Waals surface area (Å²) < 4.78 is 4.68. The molecule has 14 heavy (non-hydrogen) atoms. The number of cyclic esters (lactones) is 1. The van der Waals surface area contributed by atoms with E-state index in [2.05, 4.69) is 10.1 Å². The Morgan fingerprint density at radius 3 is 3.00 bits per heavy atom. The molecule has 1 unspecified atom stereocenters. The molecular weight excluding hydrogens is 186 g/mol. The van der Waals surface area contributed by atoms with Crippen molar-refractivity contribution in [2.24, 2.45) is 0 Å². The summed E-state index contributed by atoms with van der Waals surface area (Å²) in [7, 11) is 0. The van der Waals surface area contributed by atoms with E-state index in [0.717, 1.165) is 0 Å². The van der Waals surface area contributed by atoms with E-state index in [1.54, 1.807) is 6.92 Å². The Morgan fingerprint density at radius 1 is 1.79 bits per heavy atom. The molecule has 80 valence electrons. The van der Waals surface area contributed by atoms with Gasteiger partial charge in [0.05, 0.1) is 19.1 Å². The van der Waals surface area contributed by atoms with Gasteiger partial charge in [0.1, 0.15) is 6.04 Å². The number of esters is 1. The van der Waals surface area contributed by atoms with Crippen LogP contribution < -0.4 is 5.32 Å². The lowest BCUT2D eigenvalue weighted by atomic mass is 10.2. The van der Waals surface area contributed by atoms with Gasteiger partial charge in [0.15, 0.2) is 0 Å². The number of aliphatic hydroxyl groups is 1. The quantitative estimate of drug-likeness (QED) is 0.606. The van der Waals surface area contributed by atoms with Gasteiger partial charge >= 0.3 is 5.97 Å². The Kier molecular flexibility index (Phi) is 3.88. The van der Waals surface area contributed by atoms with Crippen molar-refractivity contribution in [3.05, 3.63) is 0 Å². The van der Waals surface area contributed by atoms with Crippen molar-refractivity contribution in [1.29, 1.82) is 0 Å². The Morgan fingerprint density at radius 2 is 2.50 bits per heavy atom. The molecule has 0 spiro atoms. The summed E-state index contributed by atoms with van der Waals surface area (Å²) in [5.74, 6) is -0.687. The number of rotatable bonds is 4. The second-order valence-corrected chi connectivity index (χ2v) is 3.34. The SMILES string of the molecule is CCC(O)CC(=O)N[C@H]1CCOC1=O. The van der Waals surface area contributed by atoms with Crippen LogP contribution in [-0.4, -0.2) is 35.7 Å². The first kappa shape index (κ1) is 11.0. The standard InChI is InChI=1S/C9H15NO4/c1-2-6(11)5-8(12)10-7-3-4-14-9(7)13/h6-7,11H,2-5H2,1H3,(H,10,12)/t6?,7-/m0/s1. The normalized spacial score (nSPS) is 23.0. The fourth-order valence-corrected chi connectivity index (χ4v) is 1.24. The molecule has 0 bridgehead atoms. The largest absolute Gasteiger partial charge is 0.464 e. The van der Waals surface area contributed by atoms with Crippen molar-refractivity contribution in [2.75, 3.05) is 6.61 Å². The van der Waals surface area contributed by atoms with Crippen LogP contribution in [0.3, 0.4) is 0 Å². The molecule has 1 amide bonds. The van der Waals surface area contributed by atoms with E-state index in [4.69, 9.17) is 0 Å². The molecular formula is C9H15NO4. The predicted octanol–water partition coefficient (Wildman–Crippen LogP) is -0.421. The summed E-state index contributed by atoms with van der Waals surface area (Å²) in [5.41, 5.74) is 0. The molecule has 0 saturated carbocycles. The maximum atomic E-state index is 11.2.